The molecule has 1 aliphatic carbocycles. The van der Waals surface area contributed by atoms with Crippen molar-refractivity contribution in [3.05, 3.63) is 71.0 Å². The molecule has 0 radical (unpaired) electrons. The smallest absolute Gasteiger partial charge is 0.317 e. The van der Waals surface area contributed by atoms with E-state index >= 15 is 0 Å². The van der Waals surface area contributed by atoms with Crippen LogP contribution in [0, 0.1) is 5.82 Å². The van der Waals surface area contributed by atoms with Crippen LogP contribution in [0.2, 0.25) is 0 Å². The molecular formula is C27H36FN3O. The van der Waals surface area contributed by atoms with E-state index in [1.54, 1.807) is 12.1 Å². The highest BCUT2D eigenvalue weighted by Crippen LogP contribution is 2.33. The van der Waals surface area contributed by atoms with E-state index in [9.17, 15) is 9.18 Å². The maximum Gasteiger partial charge on any atom is 0.317 e. The summed E-state index contributed by atoms with van der Waals surface area (Å²) >= 11 is 0. The van der Waals surface area contributed by atoms with Gasteiger partial charge in [-0.2, -0.15) is 0 Å². The summed E-state index contributed by atoms with van der Waals surface area (Å²) < 4.78 is 13.2. The van der Waals surface area contributed by atoms with Gasteiger partial charge < -0.3 is 10.2 Å². The molecule has 0 bridgehead atoms. The van der Waals surface area contributed by atoms with Crippen LogP contribution in [0.4, 0.5) is 9.18 Å². The molecule has 2 aliphatic rings. The predicted octanol–water partition coefficient (Wildman–Crippen LogP) is 5.68. The highest BCUT2D eigenvalue weighted by atomic mass is 19.1. The summed E-state index contributed by atoms with van der Waals surface area (Å²) in [5, 5.41) is 3.03. The summed E-state index contributed by atoms with van der Waals surface area (Å²) in [6.45, 7) is 6.30. The van der Waals surface area contributed by atoms with Gasteiger partial charge in [0.25, 0.3) is 0 Å². The summed E-state index contributed by atoms with van der Waals surface area (Å²) in [6.07, 6.45) is 6.89. The van der Waals surface area contributed by atoms with Crippen LogP contribution >= 0.6 is 0 Å². The Hall–Kier alpha value is -2.40. The molecule has 1 aliphatic heterocycles. The van der Waals surface area contributed by atoms with Crippen LogP contribution in [0.5, 0.6) is 0 Å². The van der Waals surface area contributed by atoms with Crippen molar-refractivity contribution in [3.8, 4) is 0 Å². The monoisotopic (exact) mass is 437 g/mol. The molecule has 1 saturated carbocycles. The fraction of sp³-hybridized carbons (Fsp3) is 0.519. The number of benzene rings is 2. The minimum absolute atomic E-state index is 0.0725. The number of nitrogens with one attached hydrogen (secondary N) is 1. The molecule has 2 fully saturated rings. The lowest BCUT2D eigenvalue weighted by molar-refractivity contribution is 0.170. The number of likely N-dealkylation sites (tertiary alicyclic amines) is 1. The van der Waals surface area contributed by atoms with Gasteiger partial charge in [0.05, 0.1) is 0 Å². The third-order valence-electron chi connectivity index (χ3n) is 7.10. The number of nitrogens with zero attached hydrogens (tertiary/aromatic N) is 2. The first-order valence-electron chi connectivity index (χ1n) is 12.2. The van der Waals surface area contributed by atoms with Crippen LogP contribution in [-0.2, 0) is 13.1 Å². The number of rotatable bonds is 7. The summed E-state index contributed by atoms with van der Waals surface area (Å²) in [6, 6.07) is 16.0. The molecule has 1 heterocycles. The fourth-order valence-electron chi connectivity index (χ4n) is 5.35. The molecule has 2 amide bonds. The van der Waals surface area contributed by atoms with Gasteiger partial charge in [-0.25, -0.2) is 9.18 Å². The molecule has 1 saturated heterocycles. The second-order valence-corrected chi connectivity index (χ2v) is 9.28. The maximum atomic E-state index is 13.2. The van der Waals surface area contributed by atoms with Gasteiger partial charge in [0.1, 0.15) is 5.82 Å². The molecule has 0 atom stereocenters. The standard InChI is InChI=1S/C27H36FN3O/c1-2-29-27(32)31(25-8-4-5-9-25)20-23-7-3-6-10-26(23)22-15-17-30(18-16-22)19-21-11-13-24(28)14-12-21/h3,6-7,10-14,22,25H,2,4-5,8-9,15-20H2,1H3,(H,29,32). The second kappa shape index (κ2) is 11.0. The number of halogens is 1. The normalized spacial score (nSPS) is 18.1. The van der Waals surface area contributed by atoms with Gasteiger partial charge in [-0.1, -0.05) is 49.2 Å². The molecule has 2 aromatic carbocycles. The Morgan fingerprint density at radius 2 is 1.72 bits per heavy atom. The minimum atomic E-state index is -0.177. The number of hydrogen-bond donors (Lipinski definition) is 1. The van der Waals surface area contributed by atoms with Crippen molar-refractivity contribution in [1.82, 2.24) is 15.1 Å². The first-order valence-corrected chi connectivity index (χ1v) is 12.2. The number of piperidine rings is 1. The first kappa shape index (κ1) is 22.8. The Labute approximate surface area is 191 Å². The molecule has 4 rings (SSSR count). The van der Waals surface area contributed by atoms with E-state index < -0.39 is 0 Å². The van der Waals surface area contributed by atoms with Gasteiger partial charge >= 0.3 is 6.03 Å². The number of carbonyl (C=O) groups is 1. The van der Waals surface area contributed by atoms with E-state index in [1.165, 1.54) is 29.5 Å². The lowest BCUT2D eigenvalue weighted by Gasteiger charge is -2.34. The zero-order valence-corrected chi connectivity index (χ0v) is 19.2. The molecule has 32 heavy (non-hydrogen) atoms. The molecule has 0 aromatic heterocycles. The largest absolute Gasteiger partial charge is 0.338 e. The lowest BCUT2D eigenvalue weighted by atomic mass is 9.86. The molecule has 2 aromatic rings. The number of carbonyl (C=O) groups excluding carboxylic acids is 1. The minimum Gasteiger partial charge on any atom is -0.338 e. The molecule has 4 nitrogen and oxygen atoms in total. The van der Waals surface area contributed by atoms with Crippen LogP contribution in [0.25, 0.3) is 0 Å². The third kappa shape index (κ3) is 5.69. The zero-order valence-electron chi connectivity index (χ0n) is 19.2. The zero-order chi connectivity index (χ0) is 22.3. The van der Waals surface area contributed by atoms with Gasteiger partial charge in [-0.05, 0) is 80.4 Å². The second-order valence-electron chi connectivity index (χ2n) is 9.28. The summed E-state index contributed by atoms with van der Waals surface area (Å²) in [4.78, 5) is 17.4. The van der Waals surface area contributed by atoms with Crippen LogP contribution < -0.4 is 5.32 Å². The molecular weight excluding hydrogens is 401 g/mol. The third-order valence-corrected chi connectivity index (χ3v) is 7.10. The topological polar surface area (TPSA) is 35.6 Å². The van der Waals surface area contributed by atoms with E-state index in [0.717, 1.165) is 45.3 Å². The molecule has 1 N–H and O–H groups in total. The van der Waals surface area contributed by atoms with Crippen molar-refractivity contribution in [1.29, 1.82) is 0 Å². The van der Waals surface area contributed by atoms with Crippen molar-refractivity contribution in [3.63, 3.8) is 0 Å². The van der Waals surface area contributed by atoms with E-state index in [0.29, 0.717) is 25.0 Å². The Kier molecular flexibility index (Phi) is 7.80. The average Bonchev–Trinajstić information content (AvgIpc) is 3.34. The summed E-state index contributed by atoms with van der Waals surface area (Å²) in [5.74, 6) is 0.346. The lowest BCUT2D eigenvalue weighted by Crippen LogP contribution is -2.44. The number of amides is 2. The van der Waals surface area contributed by atoms with Crippen molar-refractivity contribution in [2.75, 3.05) is 19.6 Å². The Balaban J connectivity index is 1.41. The molecule has 0 unspecified atom stereocenters. The van der Waals surface area contributed by atoms with Crippen molar-refractivity contribution in [2.24, 2.45) is 0 Å². The Morgan fingerprint density at radius 3 is 2.41 bits per heavy atom. The SMILES string of the molecule is CCNC(=O)N(Cc1ccccc1C1CCN(Cc2ccc(F)cc2)CC1)C1CCCC1. The van der Waals surface area contributed by atoms with Gasteiger partial charge in [-0.15, -0.1) is 0 Å². The van der Waals surface area contributed by atoms with Gasteiger partial charge in [-0.3, -0.25) is 4.90 Å². The van der Waals surface area contributed by atoms with E-state index in [2.05, 4.69) is 39.4 Å². The van der Waals surface area contributed by atoms with E-state index in [-0.39, 0.29) is 11.8 Å². The van der Waals surface area contributed by atoms with E-state index in [4.69, 9.17) is 0 Å². The van der Waals surface area contributed by atoms with Gasteiger partial charge in [0.15, 0.2) is 0 Å². The van der Waals surface area contributed by atoms with Crippen LogP contribution in [0.1, 0.15) is 68.1 Å². The quantitative estimate of drug-likeness (QED) is 0.605. The van der Waals surface area contributed by atoms with Gasteiger partial charge in [0, 0.05) is 25.7 Å². The summed E-state index contributed by atoms with van der Waals surface area (Å²) in [7, 11) is 0. The average molecular weight is 438 g/mol. The first-order chi connectivity index (χ1) is 15.6. The molecule has 172 valence electrons. The van der Waals surface area contributed by atoms with E-state index in [1.807, 2.05) is 19.1 Å². The van der Waals surface area contributed by atoms with Crippen LogP contribution in [-0.4, -0.2) is 41.5 Å². The van der Waals surface area contributed by atoms with Crippen molar-refractivity contribution >= 4 is 6.03 Å². The maximum absolute atomic E-state index is 13.2. The number of urea groups is 1. The number of hydrogen-bond acceptors (Lipinski definition) is 2. The van der Waals surface area contributed by atoms with Crippen molar-refractivity contribution in [2.45, 2.75) is 70.5 Å². The van der Waals surface area contributed by atoms with Crippen LogP contribution in [0.3, 0.4) is 0 Å². The fourth-order valence-corrected chi connectivity index (χ4v) is 5.35. The predicted molar refractivity (Wildman–Crippen MR) is 127 cm³/mol. The van der Waals surface area contributed by atoms with Crippen LogP contribution in [0.15, 0.2) is 48.5 Å². The Bertz CT molecular complexity index is 871. The highest BCUT2D eigenvalue weighted by Gasteiger charge is 2.28. The van der Waals surface area contributed by atoms with Gasteiger partial charge in [0.2, 0.25) is 0 Å². The molecule has 0 spiro atoms. The molecule has 5 heteroatoms. The summed E-state index contributed by atoms with van der Waals surface area (Å²) in [5.41, 5.74) is 3.86. The van der Waals surface area contributed by atoms with Crippen molar-refractivity contribution < 1.29 is 9.18 Å². The highest BCUT2D eigenvalue weighted by molar-refractivity contribution is 5.74. The Morgan fingerprint density at radius 1 is 1.03 bits per heavy atom.